The van der Waals surface area contributed by atoms with Crippen molar-refractivity contribution < 1.29 is 27.2 Å². The molecule has 9 heteroatoms. The minimum atomic E-state index is -4.69. The van der Waals surface area contributed by atoms with E-state index < -0.39 is 23.6 Å². The van der Waals surface area contributed by atoms with Crippen LogP contribution in [0.5, 0.6) is 0 Å². The van der Waals surface area contributed by atoms with E-state index in [0.717, 1.165) is 17.7 Å². The molecule has 0 aliphatic carbocycles. The zero-order valence-corrected chi connectivity index (χ0v) is 15.8. The highest BCUT2D eigenvalue weighted by atomic mass is 19.4. The van der Waals surface area contributed by atoms with Crippen molar-refractivity contribution >= 4 is 28.9 Å². The summed E-state index contributed by atoms with van der Waals surface area (Å²) in [5.74, 6) is -1.20. The number of alkyl halides is 3. The molecule has 1 heterocycles. The molecule has 0 aliphatic rings. The van der Waals surface area contributed by atoms with Crippen LogP contribution in [-0.4, -0.2) is 18.4 Å². The number of furan rings is 1. The van der Waals surface area contributed by atoms with Gasteiger partial charge in [0.25, 0.3) is 5.91 Å². The Balaban J connectivity index is 1.70. The first-order chi connectivity index (χ1) is 14.2. The first-order valence-corrected chi connectivity index (χ1v) is 8.89. The van der Waals surface area contributed by atoms with E-state index in [0.29, 0.717) is 5.69 Å². The van der Waals surface area contributed by atoms with Crippen LogP contribution in [0.4, 0.5) is 30.2 Å². The molecule has 0 atom stereocenters. The van der Waals surface area contributed by atoms with E-state index in [1.54, 1.807) is 18.2 Å². The second-order valence-electron chi connectivity index (χ2n) is 6.46. The van der Waals surface area contributed by atoms with Crippen molar-refractivity contribution in [3.05, 3.63) is 77.7 Å². The van der Waals surface area contributed by atoms with Gasteiger partial charge in [-0.15, -0.1) is 0 Å². The molecule has 1 aromatic heterocycles. The van der Waals surface area contributed by atoms with Crippen molar-refractivity contribution in [1.29, 1.82) is 0 Å². The number of carbonyl (C=O) groups excluding carboxylic acids is 2. The highest BCUT2D eigenvalue weighted by molar-refractivity contribution is 6.02. The maximum atomic E-state index is 13.5. The summed E-state index contributed by atoms with van der Waals surface area (Å²) in [4.78, 5) is 24.1. The molecule has 0 saturated carbocycles. The second-order valence-corrected chi connectivity index (χ2v) is 6.46. The number of aryl methyl sites for hydroxylation is 1. The van der Waals surface area contributed by atoms with Gasteiger partial charge < -0.3 is 20.4 Å². The number of nitrogens with one attached hydrogen (secondary N) is 3. The lowest BCUT2D eigenvalue weighted by Crippen LogP contribution is -2.23. The fraction of sp³-hybridized carbons (Fsp3) is 0.143. The van der Waals surface area contributed by atoms with Crippen molar-refractivity contribution in [2.75, 3.05) is 22.5 Å². The molecule has 0 radical (unpaired) electrons. The van der Waals surface area contributed by atoms with Gasteiger partial charge in [0.2, 0.25) is 5.91 Å². The molecular formula is C21H18F3N3O3. The predicted molar refractivity (Wildman–Crippen MR) is 106 cm³/mol. The molecule has 0 unspecified atom stereocenters. The van der Waals surface area contributed by atoms with Crippen LogP contribution in [0.2, 0.25) is 0 Å². The van der Waals surface area contributed by atoms with Gasteiger partial charge in [-0.05, 0) is 55.0 Å². The Morgan fingerprint density at radius 2 is 1.73 bits per heavy atom. The van der Waals surface area contributed by atoms with E-state index in [-0.39, 0.29) is 23.7 Å². The van der Waals surface area contributed by atoms with Crippen molar-refractivity contribution in [2.24, 2.45) is 0 Å². The van der Waals surface area contributed by atoms with Crippen molar-refractivity contribution in [3.63, 3.8) is 0 Å². The molecule has 30 heavy (non-hydrogen) atoms. The zero-order chi connectivity index (χ0) is 21.7. The van der Waals surface area contributed by atoms with E-state index in [4.69, 9.17) is 4.42 Å². The molecule has 2 amide bonds. The number of hydrogen-bond acceptors (Lipinski definition) is 4. The maximum absolute atomic E-state index is 13.5. The van der Waals surface area contributed by atoms with E-state index >= 15 is 0 Å². The molecule has 0 saturated heterocycles. The van der Waals surface area contributed by atoms with Crippen LogP contribution >= 0.6 is 0 Å². The number of rotatable bonds is 6. The van der Waals surface area contributed by atoms with E-state index in [2.05, 4.69) is 16.0 Å². The largest absolute Gasteiger partial charge is 0.459 e. The number of halogens is 3. The van der Waals surface area contributed by atoms with E-state index in [9.17, 15) is 22.8 Å². The normalized spacial score (nSPS) is 11.1. The van der Waals surface area contributed by atoms with Gasteiger partial charge in [0, 0.05) is 17.1 Å². The standard InChI is InChI=1S/C21H18F3N3O3/c1-13-4-2-5-14(10-13)26-19(28)12-25-17-8-7-15(11-16(17)21(22,23)24)27-20(29)18-6-3-9-30-18/h2-11,25H,12H2,1H3,(H,26,28)(H,27,29). The highest BCUT2D eigenvalue weighted by Crippen LogP contribution is 2.36. The third-order valence-electron chi connectivity index (χ3n) is 4.07. The highest BCUT2D eigenvalue weighted by Gasteiger charge is 2.34. The first kappa shape index (κ1) is 21.0. The first-order valence-electron chi connectivity index (χ1n) is 8.89. The van der Waals surface area contributed by atoms with Crippen LogP contribution in [0.3, 0.4) is 0 Å². The molecule has 3 N–H and O–H groups in total. The number of hydrogen-bond donors (Lipinski definition) is 3. The summed E-state index contributed by atoms with van der Waals surface area (Å²) in [7, 11) is 0. The molecule has 0 aliphatic heterocycles. The van der Waals surface area contributed by atoms with Crippen LogP contribution in [0.15, 0.2) is 65.3 Å². The summed E-state index contributed by atoms with van der Waals surface area (Å²) in [6.45, 7) is 1.49. The van der Waals surface area contributed by atoms with Crippen molar-refractivity contribution in [1.82, 2.24) is 0 Å². The minimum absolute atomic E-state index is 0.0291. The fourth-order valence-corrected chi connectivity index (χ4v) is 2.71. The Labute approximate surface area is 170 Å². The Bertz CT molecular complexity index is 1050. The third-order valence-corrected chi connectivity index (χ3v) is 4.07. The average molecular weight is 417 g/mol. The van der Waals surface area contributed by atoms with Crippen LogP contribution in [-0.2, 0) is 11.0 Å². The molecule has 3 aromatic rings. The van der Waals surface area contributed by atoms with Gasteiger partial charge in [-0.1, -0.05) is 12.1 Å². The Hall–Kier alpha value is -3.75. The van der Waals surface area contributed by atoms with Crippen LogP contribution in [0.25, 0.3) is 0 Å². The average Bonchev–Trinajstić information content (AvgIpc) is 3.21. The lowest BCUT2D eigenvalue weighted by Gasteiger charge is -2.16. The third kappa shape index (κ3) is 5.40. The second kappa shape index (κ2) is 8.73. The lowest BCUT2D eigenvalue weighted by molar-refractivity contribution is -0.137. The minimum Gasteiger partial charge on any atom is -0.459 e. The molecule has 6 nitrogen and oxygen atoms in total. The van der Waals surface area contributed by atoms with Crippen LogP contribution in [0.1, 0.15) is 21.7 Å². The number of amides is 2. The van der Waals surface area contributed by atoms with Crippen LogP contribution < -0.4 is 16.0 Å². The van der Waals surface area contributed by atoms with Gasteiger partial charge in [-0.3, -0.25) is 9.59 Å². The molecule has 3 rings (SSSR count). The molecular weight excluding hydrogens is 399 g/mol. The molecule has 156 valence electrons. The summed E-state index contributed by atoms with van der Waals surface area (Å²) >= 11 is 0. The van der Waals surface area contributed by atoms with E-state index in [1.165, 1.54) is 24.5 Å². The maximum Gasteiger partial charge on any atom is 0.418 e. The number of carbonyl (C=O) groups is 2. The summed E-state index contributed by atoms with van der Waals surface area (Å²) in [5.41, 5.74) is 0.139. The van der Waals surface area contributed by atoms with E-state index in [1.807, 2.05) is 13.0 Å². The SMILES string of the molecule is Cc1cccc(NC(=O)CNc2ccc(NC(=O)c3ccco3)cc2C(F)(F)F)c1. The smallest absolute Gasteiger partial charge is 0.418 e. The number of anilines is 3. The quantitative estimate of drug-likeness (QED) is 0.532. The monoisotopic (exact) mass is 417 g/mol. The fourth-order valence-electron chi connectivity index (χ4n) is 2.71. The number of benzene rings is 2. The Morgan fingerprint density at radius 1 is 0.967 bits per heavy atom. The van der Waals surface area contributed by atoms with Gasteiger partial charge in [-0.25, -0.2) is 0 Å². The van der Waals surface area contributed by atoms with Gasteiger partial charge in [0.15, 0.2) is 5.76 Å². The molecule has 0 spiro atoms. The predicted octanol–water partition coefficient (Wildman–Crippen LogP) is 4.91. The van der Waals surface area contributed by atoms with Gasteiger partial charge in [-0.2, -0.15) is 13.2 Å². The molecule has 2 aromatic carbocycles. The summed E-state index contributed by atoms with van der Waals surface area (Å²) in [6, 6.07) is 13.2. The molecule has 0 bridgehead atoms. The Kier molecular flexibility index (Phi) is 6.10. The van der Waals surface area contributed by atoms with Gasteiger partial charge >= 0.3 is 6.18 Å². The zero-order valence-electron chi connectivity index (χ0n) is 15.8. The van der Waals surface area contributed by atoms with Crippen molar-refractivity contribution in [2.45, 2.75) is 13.1 Å². The van der Waals surface area contributed by atoms with Gasteiger partial charge in [0.05, 0.1) is 18.4 Å². The Morgan fingerprint density at radius 3 is 2.40 bits per heavy atom. The van der Waals surface area contributed by atoms with Gasteiger partial charge in [0.1, 0.15) is 0 Å². The summed E-state index contributed by atoms with van der Waals surface area (Å²) in [6.07, 6.45) is -3.41. The topological polar surface area (TPSA) is 83.4 Å². The van der Waals surface area contributed by atoms with Crippen LogP contribution in [0, 0.1) is 6.92 Å². The summed E-state index contributed by atoms with van der Waals surface area (Å²) < 4.78 is 45.4. The summed E-state index contributed by atoms with van der Waals surface area (Å²) in [5, 5.41) is 7.46. The molecule has 0 fully saturated rings. The van der Waals surface area contributed by atoms with Crippen molar-refractivity contribution in [3.8, 4) is 0 Å². The lowest BCUT2D eigenvalue weighted by atomic mass is 10.1.